The van der Waals surface area contributed by atoms with Gasteiger partial charge in [-0.15, -0.1) is 0 Å². The predicted molar refractivity (Wildman–Crippen MR) is 82.7 cm³/mol. The van der Waals surface area contributed by atoms with E-state index in [1.165, 1.54) is 12.1 Å². The molecule has 114 valence electrons. The summed E-state index contributed by atoms with van der Waals surface area (Å²) >= 11 is 0. The number of hydrogen-bond acceptors (Lipinski definition) is 2. The lowest BCUT2D eigenvalue weighted by atomic mass is 9.86. The Morgan fingerprint density at radius 2 is 2.15 bits per heavy atom. The molecule has 2 atom stereocenters. The summed E-state index contributed by atoms with van der Waals surface area (Å²) in [7, 11) is 0. The van der Waals surface area contributed by atoms with Crippen LogP contribution in [0.2, 0.25) is 0 Å². The molecule has 20 heavy (non-hydrogen) atoms. The third-order valence-corrected chi connectivity index (χ3v) is 4.94. The third-order valence-electron chi connectivity index (χ3n) is 4.94. The standard InChI is InChI=1S/C17H30N2O/c1-5-19-16(11-14(4)18-19)12-17(20)9-6-7-15(8-10-17)13(2)3/h11,13,15,20H,5-10,12H2,1-4H3. The normalized spacial score (nSPS) is 27.8. The topological polar surface area (TPSA) is 38.0 Å². The second kappa shape index (κ2) is 6.30. The van der Waals surface area contributed by atoms with Crippen LogP contribution in [-0.4, -0.2) is 20.5 Å². The summed E-state index contributed by atoms with van der Waals surface area (Å²) in [5, 5.41) is 15.5. The van der Waals surface area contributed by atoms with Gasteiger partial charge in [-0.2, -0.15) is 5.10 Å². The van der Waals surface area contributed by atoms with Gasteiger partial charge >= 0.3 is 0 Å². The highest BCUT2D eigenvalue weighted by molar-refractivity contribution is 5.12. The van der Waals surface area contributed by atoms with Crippen molar-refractivity contribution in [3.63, 3.8) is 0 Å². The molecule has 0 bridgehead atoms. The fourth-order valence-corrected chi connectivity index (χ4v) is 3.61. The van der Waals surface area contributed by atoms with Crippen LogP contribution in [0, 0.1) is 18.8 Å². The Morgan fingerprint density at radius 1 is 1.40 bits per heavy atom. The number of aryl methyl sites for hydroxylation is 2. The van der Waals surface area contributed by atoms with Crippen LogP contribution in [0.1, 0.15) is 64.3 Å². The highest BCUT2D eigenvalue weighted by atomic mass is 16.3. The Morgan fingerprint density at radius 3 is 2.80 bits per heavy atom. The maximum Gasteiger partial charge on any atom is 0.0703 e. The van der Waals surface area contributed by atoms with Gasteiger partial charge in [-0.05, 0) is 51.0 Å². The Balaban J connectivity index is 2.07. The Hall–Kier alpha value is -0.830. The molecule has 1 saturated carbocycles. The zero-order chi connectivity index (χ0) is 14.8. The van der Waals surface area contributed by atoms with Crippen molar-refractivity contribution in [1.82, 2.24) is 9.78 Å². The van der Waals surface area contributed by atoms with Crippen LogP contribution in [0.15, 0.2) is 6.07 Å². The minimum absolute atomic E-state index is 0.525. The molecule has 1 aliphatic carbocycles. The quantitative estimate of drug-likeness (QED) is 0.852. The summed E-state index contributed by atoms with van der Waals surface area (Å²) in [4.78, 5) is 0. The van der Waals surface area contributed by atoms with Crippen molar-refractivity contribution in [2.75, 3.05) is 0 Å². The molecule has 0 spiro atoms. The molecule has 2 unspecified atom stereocenters. The van der Waals surface area contributed by atoms with E-state index in [4.69, 9.17) is 0 Å². The van der Waals surface area contributed by atoms with Gasteiger partial charge in [0.25, 0.3) is 0 Å². The van der Waals surface area contributed by atoms with E-state index in [0.717, 1.165) is 56.2 Å². The average Bonchev–Trinajstić information content (AvgIpc) is 2.60. The molecule has 1 aromatic rings. The fraction of sp³-hybridized carbons (Fsp3) is 0.824. The van der Waals surface area contributed by atoms with E-state index in [1.54, 1.807) is 0 Å². The molecule has 0 saturated heterocycles. The van der Waals surface area contributed by atoms with E-state index in [9.17, 15) is 5.11 Å². The molecule has 3 nitrogen and oxygen atoms in total. The van der Waals surface area contributed by atoms with Crippen molar-refractivity contribution in [3.8, 4) is 0 Å². The Labute approximate surface area is 123 Å². The fourth-order valence-electron chi connectivity index (χ4n) is 3.61. The van der Waals surface area contributed by atoms with Gasteiger partial charge < -0.3 is 5.11 Å². The van der Waals surface area contributed by atoms with Crippen molar-refractivity contribution in [2.45, 2.75) is 78.4 Å². The van der Waals surface area contributed by atoms with Gasteiger partial charge in [0.05, 0.1) is 11.3 Å². The van der Waals surface area contributed by atoms with E-state index >= 15 is 0 Å². The molecular weight excluding hydrogens is 248 g/mol. The molecule has 0 radical (unpaired) electrons. The van der Waals surface area contributed by atoms with Gasteiger partial charge in [0.1, 0.15) is 0 Å². The first-order valence-electron chi connectivity index (χ1n) is 8.19. The Kier molecular flexibility index (Phi) is 4.90. The van der Waals surface area contributed by atoms with E-state index in [2.05, 4.69) is 31.9 Å². The zero-order valence-electron chi connectivity index (χ0n) is 13.5. The molecule has 0 aliphatic heterocycles. The molecule has 1 fully saturated rings. The maximum absolute atomic E-state index is 11.0. The molecule has 3 heteroatoms. The van der Waals surface area contributed by atoms with E-state index in [-0.39, 0.29) is 0 Å². The van der Waals surface area contributed by atoms with Crippen LogP contribution in [0.3, 0.4) is 0 Å². The minimum Gasteiger partial charge on any atom is -0.389 e. The molecule has 2 rings (SSSR count). The number of aromatic nitrogens is 2. The van der Waals surface area contributed by atoms with Crippen LogP contribution in [0.5, 0.6) is 0 Å². The predicted octanol–water partition coefficient (Wildman–Crippen LogP) is 3.72. The lowest BCUT2D eigenvalue weighted by Crippen LogP contribution is -2.32. The summed E-state index contributed by atoms with van der Waals surface area (Å²) in [6.45, 7) is 9.65. The smallest absolute Gasteiger partial charge is 0.0703 e. The van der Waals surface area contributed by atoms with Gasteiger partial charge in [0, 0.05) is 18.7 Å². The van der Waals surface area contributed by atoms with Crippen molar-refractivity contribution < 1.29 is 5.11 Å². The number of rotatable bonds is 4. The Bertz CT molecular complexity index is 438. The number of nitrogens with zero attached hydrogens (tertiary/aromatic N) is 2. The molecule has 1 aliphatic rings. The van der Waals surface area contributed by atoms with Gasteiger partial charge in [0.2, 0.25) is 0 Å². The first kappa shape index (κ1) is 15.6. The summed E-state index contributed by atoms with van der Waals surface area (Å²) < 4.78 is 2.04. The molecule has 1 heterocycles. The maximum atomic E-state index is 11.0. The summed E-state index contributed by atoms with van der Waals surface area (Å²) in [6, 6.07) is 2.13. The van der Waals surface area contributed by atoms with E-state index in [1.807, 2.05) is 11.6 Å². The second-order valence-corrected chi connectivity index (χ2v) is 6.93. The molecule has 0 amide bonds. The monoisotopic (exact) mass is 278 g/mol. The van der Waals surface area contributed by atoms with Crippen LogP contribution in [-0.2, 0) is 13.0 Å². The lowest BCUT2D eigenvalue weighted by Gasteiger charge is -2.27. The van der Waals surface area contributed by atoms with Gasteiger partial charge in [-0.3, -0.25) is 4.68 Å². The lowest BCUT2D eigenvalue weighted by molar-refractivity contribution is 0.0218. The molecule has 1 N–H and O–H groups in total. The van der Waals surface area contributed by atoms with Crippen LogP contribution < -0.4 is 0 Å². The highest BCUT2D eigenvalue weighted by Crippen LogP contribution is 2.35. The van der Waals surface area contributed by atoms with Crippen molar-refractivity contribution >= 4 is 0 Å². The van der Waals surface area contributed by atoms with Crippen molar-refractivity contribution in [3.05, 3.63) is 17.5 Å². The van der Waals surface area contributed by atoms with Gasteiger partial charge in [-0.25, -0.2) is 0 Å². The van der Waals surface area contributed by atoms with Gasteiger partial charge in [0.15, 0.2) is 0 Å². The van der Waals surface area contributed by atoms with Crippen LogP contribution in [0.25, 0.3) is 0 Å². The van der Waals surface area contributed by atoms with E-state index in [0.29, 0.717) is 0 Å². The first-order valence-corrected chi connectivity index (χ1v) is 8.19. The van der Waals surface area contributed by atoms with Crippen LogP contribution >= 0.6 is 0 Å². The van der Waals surface area contributed by atoms with Gasteiger partial charge in [-0.1, -0.05) is 26.7 Å². The molecular formula is C17H30N2O. The molecule has 0 aromatic carbocycles. The minimum atomic E-state index is -0.525. The summed E-state index contributed by atoms with van der Waals surface area (Å²) in [5.41, 5.74) is 1.72. The first-order chi connectivity index (χ1) is 9.43. The summed E-state index contributed by atoms with van der Waals surface area (Å²) in [5.74, 6) is 1.52. The zero-order valence-corrected chi connectivity index (χ0v) is 13.5. The highest BCUT2D eigenvalue weighted by Gasteiger charge is 2.32. The van der Waals surface area contributed by atoms with Crippen LogP contribution in [0.4, 0.5) is 0 Å². The largest absolute Gasteiger partial charge is 0.389 e. The number of hydrogen-bond donors (Lipinski definition) is 1. The number of aliphatic hydroxyl groups is 1. The average molecular weight is 278 g/mol. The summed E-state index contributed by atoms with van der Waals surface area (Å²) in [6.07, 6.45) is 6.21. The third kappa shape index (κ3) is 3.63. The van der Waals surface area contributed by atoms with Crippen molar-refractivity contribution in [1.29, 1.82) is 0 Å². The second-order valence-electron chi connectivity index (χ2n) is 6.93. The molecule has 1 aromatic heterocycles. The van der Waals surface area contributed by atoms with E-state index < -0.39 is 5.60 Å². The van der Waals surface area contributed by atoms with Crippen molar-refractivity contribution in [2.24, 2.45) is 11.8 Å². The SMILES string of the molecule is CCn1nc(C)cc1CC1(O)CCCC(C(C)C)CC1.